The second kappa shape index (κ2) is 6.01. The number of aromatic carboxylic acids is 1. The molecule has 6 heteroatoms. The summed E-state index contributed by atoms with van der Waals surface area (Å²) in [7, 11) is 0. The maximum Gasteiger partial charge on any atom is 0.335 e. The van der Waals surface area contributed by atoms with E-state index in [-0.39, 0.29) is 17.2 Å². The third-order valence-corrected chi connectivity index (χ3v) is 2.85. The molecule has 0 radical (unpaired) electrons. The number of carbonyl (C=O) groups is 2. The van der Waals surface area contributed by atoms with Crippen LogP contribution >= 0.6 is 0 Å². The van der Waals surface area contributed by atoms with Gasteiger partial charge in [-0.3, -0.25) is 4.79 Å². The van der Waals surface area contributed by atoms with Crippen LogP contribution in [0.5, 0.6) is 0 Å². The van der Waals surface area contributed by atoms with E-state index < -0.39 is 5.97 Å². The maximum absolute atomic E-state index is 11.7. The van der Waals surface area contributed by atoms with Crippen LogP contribution in [0.2, 0.25) is 0 Å². The molecule has 2 rings (SSSR count). The number of rotatable bonds is 5. The van der Waals surface area contributed by atoms with Crippen LogP contribution in [-0.2, 0) is 6.42 Å². The summed E-state index contributed by atoms with van der Waals surface area (Å²) >= 11 is 0. The molecule has 0 aliphatic heterocycles. The number of benzene rings is 1. The molecule has 0 aliphatic carbocycles. The minimum Gasteiger partial charge on any atom is -0.478 e. The minimum absolute atomic E-state index is 0.214. The van der Waals surface area contributed by atoms with Crippen LogP contribution in [0.1, 0.15) is 32.2 Å². The van der Waals surface area contributed by atoms with Gasteiger partial charge in [-0.05, 0) is 31.0 Å². The fraction of sp³-hybridized carbons (Fsp3) is 0.214. The zero-order valence-corrected chi connectivity index (χ0v) is 10.9. The molecule has 6 nitrogen and oxygen atoms in total. The molecule has 1 aromatic heterocycles. The number of carboxylic acid groups (broad SMARTS) is 1. The first-order chi connectivity index (χ1) is 9.58. The SMILES string of the molecule is Cc1ncoc1C(=O)NCCc1ccc(C(=O)O)cc1. The average Bonchev–Trinajstić information content (AvgIpc) is 2.85. The summed E-state index contributed by atoms with van der Waals surface area (Å²) in [5, 5.41) is 11.5. The Kier molecular flexibility index (Phi) is 4.14. The summed E-state index contributed by atoms with van der Waals surface area (Å²) in [6.45, 7) is 2.13. The Morgan fingerprint density at radius 1 is 1.30 bits per heavy atom. The number of nitrogens with one attached hydrogen (secondary N) is 1. The third-order valence-electron chi connectivity index (χ3n) is 2.85. The molecule has 0 bridgehead atoms. The van der Waals surface area contributed by atoms with Crippen LogP contribution in [0.25, 0.3) is 0 Å². The first-order valence-electron chi connectivity index (χ1n) is 6.08. The highest BCUT2D eigenvalue weighted by Crippen LogP contribution is 2.06. The lowest BCUT2D eigenvalue weighted by Gasteiger charge is -2.04. The molecule has 0 fully saturated rings. The van der Waals surface area contributed by atoms with Crippen molar-refractivity contribution in [3.05, 3.63) is 53.2 Å². The van der Waals surface area contributed by atoms with Crippen molar-refractivity contribution in [3.63, 3.8) is 0 Å². The van der Waals surface area contributed by atoms with E-state index in [0.717, 1.165) is 5.56 Å². The van der Waals surface area contributed by atoms with Gasteiger partial charge in [0.2, 0.25) is 5.76 Å². The fourth-order valence-corrected chi connectivity index (χ4v) is 1.73. The molecular formula is C14H14N2O4. The first-order valence-corrected chi connectivity index (χ1v) is 6.08. The summed E-state index contributed by atoms with van der Waals surface area (Å²) in [6, 6.07) is 6.55. The number of nitrogens with zero attached hydrogens (tertiary/aromatic N) is 1. The number of aromatic nitrogens is 1. The molecule has 1 amide bonds. The van der Waals surface area contributed by atoms with Crippen LogP contribution in [0.15, 0.2) is 35.1 Å². The Hall–Kier alpha value is -2.63. The Balaban J connectivity index is 1.85. The van der Waals surface area contributed by atoms with Crippen molar-refractivity contribution >= 4 is 11.9 Å². The van der Waals surface area contributed by atoms with Gasteiger partial charge >= 0.3 is 5.97 Å². The van der Waals surface area contributed by atoms with Gasteiger partial charge in [-0.1, -0.05) is 12.1 Å². The van der Waals surface area contributed by atoms with E-state index in [0.29, 0.717) is 18.7 Å². The number of amides is 1. The van der Waals surface area contributed by atoms with Crippen molar-refractivity contribution in [2.75, 3.05) is 6.54 Å². The normalized spacial score (nSPS) is 10.2. The second-order valence-corrected chi connectivity index (χ2v) is 4.27. The van der Waals surface area contributed by atoms with Gasteiger partial charge in [0.1, 0.15) is 0 Å². The monoisotopic (exact) mass is 274 g/mol. The predicted octanol–water partition coefficient (Wildman–Crippen LogP) is 1.65. The lowest BCUT2D eigenvalue weighted by molar-refractivity contribution is 0.0696. The standard InChI is InChI=1S/C14H14N2O4/c1-9-12(20-8-16-9)13(17)15-7-6-10-2-4-11(5-3-10)14(18)19/h2-5,8H,6-7H2,1H3,(H,15,17)(H,18,19). The molecule has 0 saturated carbocycles. The van der Waals surface area contributed by atoms with Crippen molar-refractivity contribution in [2.24, 2.45) is 0 Å². The van der Waals surface area contributed by atoms with Crippen molar-refractivity contribution in [3.8, 4) is 0 Å². The van der Waals surface area contributed by atoms with Crippen LogP contribution in [-0.4, -0.2) is 28.5 Å². The van der Waals surface area contributed by atoms with Crippen LogP contribution in [0.3, 0.4) is 0 Å². The van der Waals surface area contributed by atoms with E-state index in [1.165, 1.54) is 6.39 Å². The van der Waals surface area contributed by atoms with E-state index in [1.807, 2.05) is 0 Å². The summed E-state index contributed by atoms with van der Waals surface area (Å²) in [4.78, 5) is 26.3. The van der Waals surface area contributed by atoms with Crippen LogP contribution in [0.4, 0.5) is 0 Å². The molecule has 2 aromatic rings. The quantitative estimate of drug-likeness (QED) is 0.864. The third kappa shape index (κ3) is 3.23. The van der Waals surface area contributed by atoms with Crippen LogP contribution < -0.4 is 5.32 Å². The highest BCUT2D eigenvalue weighted by Gasteiger charge is 2.12. The molecule has 2 N–H and O–H groups in total. The molecule has 1 aromatic carbocycles. The zero-order chi connectivity index (χ0) is 14.5. The Morgan fingerprint density at radius 3 is 2.55 bits per heavy atom. The number of carboxylic acids is 1. The Labute approximate surface area is 115 Å². The highest BCUT2D eigenvalue weighted by molar-refractivity contribution is 5.92. The zero-order valence-electron chi connectivity index (χ0n) is 10.9. The summed E-state index contributed by atoms with van der Waals surface area (Å²) in [6.07, 6.45) is 1.84. The molecular weight excluding hydrogens is 260 g/mol. The predicted molar refractivity (Wildman–Crippen MR) is 70.7 cm³/mol. The Morgan fingerprint density at radius 2 is 2.00 bits per heavy atom. The minimum atomic E-state index is -0.953. The average molecular weight is 274 g/mol. The van der Waals surface area contributed by atoms with E-state index in [1.54, 1.807) is 31.2 Å². The van der Waals surface area contributed by atoms with Gasteiger partial charge in [0.05, 0.1) is 11.3 Å². The van der Waals surface area contributed by atoms with E-state index in [9.17, 15) is 9.59 Å². The van der Waals surface area contributed by atoms with E-state index >= 15 is 0 Å². The molecule has 20 heavy (non-hydrogen) atoms. The van der Waals surface area contributed by atoms with Gasteiger partial charge in [0.15, 0.2) is 6.39 Å². The van der Waals surface area contributed by atoms with Gasteiger partial charge in [-0.2, -0.15) is 0 Å². The molecule has 0 atom stereocenters. The molecule has 0 spiro atoms. The van der Waals surface area contributed by atoms with Gasteiger partial charge in [-0.25, -0.2) is 9.78 Å². The van der Waals surface area contributed by atoms with Crippen LogP contribution in [0, 0.1) is 6.92 Å². The molecule has 104 valence electrons. The summed E-state index contributed by atoms with van der Waals surface area (Å²) < 4.78 is 4.98. The van der Waals surface area contributed by atoms with Crippen molar-refractivity contribution < 1.29 is 19.1 Å². The Bertz CT molecular complexity index is 616. The van der Waals surface area contributed by atoms with Gasteiger partial charge < -0.3 is 14.8 Å². The molecule has 1 heterocycles. The van der Waals surface area contributed by atoms with Crippen molar-refractivity contribution in [1.82, 2.24) is 10.3 Å². The molecule has 0 saturated heterocycles. The molecule has 0 unspecified atom stereocenters. The lowest BCUT2D eigenvalue weighted by atomic mass is 10.1. The number of hydrogen-bond acceptors (Lipinski definition) is 4. The fourth-order valence-electron chi connectivity index (χ4n) is 1.73. The smallest absolute Gasteiger partial charge is 0.335 e. The topological polar surface area (TPSA) is 92.4 Å². The van der Waals surface area contributed by atoms with E-state index in [2.05, 4.69) is 10.3 Å². The first kappa shape index (κ1) is 13.8. The summed E-state index contributed by atoms with van der Waals surface area (Å²) in [5.74, 6) is -1.04. The number of hydrogen-bond donors (Lipinski definition) is 2. The highest BCUT2D eigenvalue weighted by atomic mass is 16.4. The van der Waals surface area contributed by atoms with Gasteiger partial charge in [0, 0.05) is 6.54 Å². The van der Waals surface area contributed by atoms with Crippen molar-refractivity contribution in [1.29, 1.82) is 0 Å². The molecule has 0 aliphatic rings. The van der Waals surface area contributed by atoms with Crippen molar-refractivity contribution in [2.45, 2.75) is 13.3 Å². The van der Waals surface area contributed by atoms with Gasteiger partial charge in [-0.15, -0.1) is 0 Å². The maximum atomic E-state index is 11.7. The number of oxazole rings is 1. The second-order valence-electron chi connectivity index (χ2n) is 4.27. The largest absolute Gasteiger partial charge is 0.478 e. The lowest BCUT2D eigenvalue weighted by Crippen LogP contribution is -2.25. The summed E-state index contributed by atoms with van der Waals surface area (Å²) in [5.41, 5.74) is 1.74. The number of aryl methyl sites for hydroxylation is 1. The number of carbonyl (C=O) groups excluding carboxylic acids is 1. The van der Waals surface area contributed by atoms with E-state index in [4.69, 9.17) is 9.52 Å². The van der Waals surface area contributed by atoms with Gasteiger partial charge in [0.25, 0.3) is 5.91 Å².